The lowest BCUT2D eigenvalue weighted by Crippen LogP contribution is -2.49. The molecule has 0 radical (unpaired) electrons. The zero-order chi connectivity index (χ0) is 23.5. The van der Waals surface area contributed by atoms with Crippen molar-refractivity contribution in [2.75, 3.05) is 45.3 Å². The van der Waals surface area contributed by atoms with Crippen molar-refractivity contribution in [1.82, 2.24) is 14.7 Å². The summed E-state index contributed by atoms with van der Waals surface area (Å²) in [6.07, 6.45) is 0. The minimum Gasteiger partial charge on any atom is -0.497 e. The number of rotatable bonds is 6. The molecule has 1 aliphatic rings. The number of carbonyl (C=O) groups excluding carboxylic acids is 1. The Labute approximate surface area is 202 Å². The van der Waals surface area contributed by atoms with E-state index in [1.807, 2.05) is 64.9 Å². The Balaban J connectivity index is 1.38. The van der Waals surface area contributed by atoms with Gasteiger partial charge in [-0.3, -0.25) is 4.79 Å². The van der Waals surface area contributed by atoms with Crippen LogP contribution in [0, 0.1) is 0 Å². The standard InChI is InChI=1S/C26H26N4O3S/c1-32-21-9-5-19(6-10-21)28-13-15-29(16-14-28)26(31)24-18-23(25-4-3-17-34-25)27-30(24)20-7-11-22(33-2)12-8-20/h3-12,17-18H,13-16H2,1-2H3. The molecule has 8 heteroatoms. The van der Waals surface area contributed by atoms with Crippen molar-refractivity contribution in [2.24, 2.45) is 0 Å². The third-order valence-electron chi connectivity index (χ3n) is 6.02. The molecule has 0 saturated carbocycles. The van der Waals surface area contributed by atoms with Crippen molar-refractivity contribution in [2.45, 2.75) is 0 Å². The number of thiophene rings is 1. The zero-order valence-corrected chi connectivity index (χ0v) is 20.0. The summed E-state index contributed by atoms with van der Waals surface area (Å²) < 4.78 is 12.3. The number of aromatic nitrogens is 2. The zero-order valence-electron chi connectivity index (χ0n) is 19.2. The van der Waals surface area contributed by atoms with Crippen LogP contribution in [0.2, 0.25) is 0 Å². The van der Waals surface area contributed by atoms with Gasteiger partial charge in [0, 0.05) is 31.9 Å². The van der Waals surface area contributed by atoms with E-state index in [1.165, 1.54) is 0 Å². The summed E-state index contributed by atoms with van der Waals surface area (Å²) in [6.45, 7) is 2.83. The monoisotopic (exact) mass is 474 g/mol. The second-order valence-electron chi connectivity index (χ2n) is 7.98. The van der Waals surface area contributed by atoms with Crippen LogP contribution < -0.4 is 14.4 Å². The Morgan fingerprint density at radius 2 is 1.47 bits per heavy atom. The van der Waals surface area contributed by atoms with E-state index in [-0.39, 0.29) is 5.91 Å². The molecule has 1 aliphatic heterocycles. The first-order chi connectivity index (χ1) is 16.7. The normalized spacial score (nSPS) is 13.7. The molecule has 1 saturated heterocycles. The molecule has 0 aliphatic carbocycles. The molecule has 0 bridgehead atoms. The van der Waals surface area contributed by atoms with E-state index in [0.29, 0.717) is 18.8 Å². The van der Waals surface area contributed by atoms with Crippen LogP contribution in [0.25, 0.3) is 16.3 Å². The molecule has 4 aromatic rings. The molecule has 1 amide bonds. The van der Waals surface area contributed by atoms with Gasteiger partial charge in [0.05, 0.1) is 24.8 Å². The average molecular weight is 475 g/mol. The van der Waals surface area contributed by atoms with Crippen LogP contribution in [-0.4, -0.2) is 61.0 Å². The molecule has 2 aromatic heterocycles. The fourth-order valence-electron chi connectivity index (χ4n) is 4.12. The van der Waals surface area contributed by atoms with E-state index < -0.39 is 0 Å². The number of benzene rings is 2. The van der Waals surface area contributed by atoms with Gasteiger partial charge in [-0.2, -0.15) is 5.10 Å². The van der Waals surface area contributed by atoms with Crippen LogP contribution >= 0.6 is 11.3 Å². The fraction of sp³-hybridized carbons (Fsp3) is 0.231. The lowest BCUT2D eigenvalue weighted by Gasteiger charge is -2.36. The smallest absolute Gasteiger partial charge is 0.272 e. The number of anilines is 1. The molecule has 0 atom stereocenters. The van der Waals surface area contributed by atoms with Gasteiger partial charge in [0.25, 0.3) is 5.91 Å². The van der Waals surface area contributed by atoms with Gasteiger partial charge in [-0.25, -0.2) is 4.68 Å². The van der Waals surface area contributed by atoms with E-state index in [2.05, 4.69) is 17.0 Å². The highest BCUT2D eigenvalue weighted by Crippen LogP contribution is 2.28. The SMILES string of the molecule is COc1ccc(N2CCN(C(=O)c3cc(-c4cccs4)nn3-c3ccc(OC)cc3)CC2)cc1. The van der Waals surface area contributed by atoms with Gasteiger partial charge in [-0.1, -0.05) is 6.07 Å². The van der Waals surface area contributed by atoms with Crippen LogP contribution in [0.1, 0.15) is 10.5 Å². The third-order valence-corrected chi connectivity index (χ3v) is 6.92. The van der Waals surface area contributed by atoms with Crippen molar-refractivity contribution >= 4 is 22.9 Å². The van der Waals surface area contributed by atoms with Gasteiger partial charge in [0.15, 0.2) is 0 Å². The molecule has 0 unspecified atom stereocenters. The quantitative estimate of drug-likeness (QED) is 0.409. The van der Waals surface area contributed by atoms with Crippen LogP contribution in [0.4, 0.5) is 5.69 Å². The highest BCUT2D eigenvalue weighted by atomic mass is 32.1. The summed E-state index contributed by atoms with van der Waals surface area (Å²) >= 11 is 1.61. The second kappa shape index (κ2) is 9.61. The van der Waals surface area contributed by atoms with E-state index in [1.54, 1.807) is 30.2 Å². The molecule has 5 rings (SSSR count). The molecular formula is C26H26N4O3S. The van der Waals surface area contributed by atoms with Gasteiger partial charge < -0.3 is 19.3 Å². The van der Waals surface area contributed by atoms with Crippen LogP contribution in [0.5, 0.6) is 11.5 Å². The number of piperazine rings is 1. The van der Waals surface area contributed by atoms with Crippen molar-refractivity contribution in [1.29, 1.82) is 0 Å². The molecule has 2 aromatic carbocycles. The van der Waals surface area contributed by atoms with Gasteiger partial charge in [0.2, 0.25) is 0 Å². The molecule has 0 N–H and O–H groups in total. The maximum Gasteiger partial charge on any atom is 0.272 e. The molecule has 1 fully saturated rings. The molecule has 3 heterocycles. The number of amides is 1. The van der Waals surface area contributed by atoms with Crippen molar-refractivity contribution in [3.8, 4) is 27.8 Å². The third kappa shape index (κ3) is 4.36. The lowest BCUT2D eigenvalue weighted by atomic mass is 10.2. The number of nitrogens with zero attached hydrogens (tertiary/aromatic N) is 4. The van der Waals surface area contributed by atoms with Gasteiger partial charge in [-0.15, -0.1) is 11.3 Å². The molecule has 34 heavy (non-hydrogen) atoms. The molecule has 0 spiro atoms. The van der Waals surface area contributed by atoms with E-state index in [4.69, 9.17) is 14.6 Å². The first kappa shape index (κ1) is 22.0. The average Bonchev–Trinajstić information content (AvgIpc) is 3.59. The number of hydrogen-bond acceptors (Lipinski definition) is 6. The Morgan fingerprint density at radius 3 is 2.03 bits per heavy atom. The summed E-state index contributed by atoms with van der Waals surface area (Å²) in [5.41, 5.74) is 3.32. The Bertz CT molecular complexity index is 1240. The topological polar surface area (TPSA) is 59.8 Å². The number of methoxy groups -OCH3 is 2. The van der Waals surface area contributed by atoms with Crippen LogP contribution in [0.15, 0.2) is 72.1 Å². The number of carbonyl (C=O) groups is 1. The van der Waals surface area contributed by atoms with Crippen molar-refractivity contribution < 1.29 is 14.3 Å². The first-order valence-electron chi connectivity index (χ1n) is 11.1. The van der Waals surface area contributed by atoms with Gasteiger partial charge in [-0.05, 0) is 66.0 Å². The van der Waals surface area contributed by atoms with E-state index >= 15 is 0 Å². The fourth-order valence-corrected chi connectivity index (χ4v) is 4.80. The number of ether oxygens (including phenoxy) is 2. The molecule has 7 nitrogen and oxygen atoms in total. The van der Waals surface area contributed by atoms with Gasteiger partial charge in [0.1, 0.15) is 22.9 Å². The minimum atomic E-state index is -0.0134. The Kier molecular flexibility index (Phi) is 6.22. The highest BCUT2D eigenvalue weighted by molar-refractivity contribution is 7.13. The molecular weight excluding hydrogens is 448 g/mol. The van der Waals surface area contributed by atoms with Crippen LogP contribution in [0.3, 0.4) is 0 Å². The summed E-state index contributed by atoms with van der Waals surface area (Å²) in [5, 5.41) is 6.81. The summed E-state index contributed by atoms with van der Waals surface area (Å²) in [5.74, 6) is 1.59. The summed E-state index contributed by atoms with van der Waals surface area (Å²) in [6, 6.07) is 21.6. The molecule has 174 valence electrons. The number of hydrogen-bond donors (Lipinski definition) is 0. The van der Waals surface area contributed by atoms with Crippen molar-refractivity contribution in [3.05, 3.63) is 77.8 Å². The maximum atomic E-state index is 13.6. The first-order valence-corrected chi connectivity index (χ1v) is 12.0. The van der Waals surface area contributed by atoms with Gasteiger partial charge >= 0.3 is 0 Å². The largest absolute Gasteiger partial charge is 0.497 e. The Hall–Kier alpha value is -3.78. The highest BCUT2D eigenvalue weighted by Gasteiger charge is 2.26. The summed E-state index contributed by atoms with van der Waals surface area (Å²) in [4.78, 5) is 18.9. The van der Waals surface area contributed by atoms with E-state index in [9.17, 15) is 4.79 Å². The minimum absolute atomic E-state index is 0.0134. The second-order valence-corrected chi connectivity index (χ2v) is 8.93. The maximum absolute atomic E-state index is 13.6. The van der Waals surface area contributed by atoms with E-state index in [0.717, 1.165) is 46.5 Å². The predicted molar refractivity (Wildman–Crippen MR) is 135 cm³/mol. The summed E-state index contributed by atoms with van der Waals surface area (Å²) in [7, 11) is 3.30. The lowest BCUT2D eigenvalue weighted by molar-refractivity contribution is 0.0737. The van der Waals surface area contributed by atoms with Crippen LogP contribution in [-0.2, 0) is 0 Å². The Morgan fingerprint density at radius 1 is 0.853 bits per heavy atom. The predicted octanol–water partition coefficient (Wildman–Crippen LogP) is 4.58. The van der Waals surface area contributed by atoms with Crippen molar-refractivity contribution in [3.63, 3.8) is 0 Å².